The molecule has 0 aromatic carbocycles. The van der Waals surface area contributed by atoms with E-state index in [4.69, 9.17) is 10.6 Å². The van der Waals surface area contributed by atoms with Crippen LogP contribution in [0, 0.1) is 0 Å². The summed E-state index contributed by atoms with van der Waals surface area (Å²) >= 11 is 0. The first-order chi connectivity index (χ1) is 4.72. The van der Waals surface area contributed by atoms with E-state index < -0.39 is 0 Å². The number of rotatable bonds is 5. The zero-order valence-electron chi connectivity index (χ0n) is 7.13. The second kappa shape index (κ2) is 5.65. The fourth-order valence-electron chi connectivity index (χ4n) is 0.696. The van der Waals surface area contributed by atoms with E-state index in [9.17, 15) is 0 Å². The third-order valence-corrected chi connectivity index (χ3v) is 1.49. The van der Waals surface area contributed by atoms with Crippen LogP contribution in [0.25, 0.3) is 0 Å². The maximum absolute atomic E-state index is 5.61. The molecule has 0 radical (unpaired) electrons. The van der Waals surface area contributed by atoms with Crippen LogP contribution in [0.4, 0.5) is 0 Å². The van der Waals surface area contributed by atoms with Gasteiger partial charge in [-0.15, -0.1) is 0 Å². The highest BCUT2D eigenvalue weighted by molar-refractivity contribution is 4.57. The maximum atomic E-state index is 5.61. The number of hydrogen-bond donors (Lipinski definition) is 1. The van der Waals surface area contributed by atoms with E-state index in [1.807, 2.05) is 13.8 Å². The second-order valence-electron chi connectivity index (χ2n) is 2.34. The van der Waals surface area contributed by atoms with Gasteiger partial charge in [-0.3, -0.25) is 5.84 Å². The molecule has 3 heteroatoms. The van der Waals surface area contributed by atoms with Crippen molar-refractivity contribution in [3.8, 4) is 0 Å². The Morgan fingerprint density at radius 3 is 2.50 bits per heavy atom. The van der Waals surface area contributed by atoms with Gasteiger partial charge in [0.1, 0.15) is 0 Å². The van der Waals surface area contributed by atoms with Crippen molar-refractivity contribution < 1.29 is 4.74 Å². The van der Waals surface area contributed by atoms with Crippen molar-refractivity contribution in [2.45, 2.75) is 26.8 Å². The molecule has 3 nitrogen and oxygen atoms in total. The molecule has 0 spiro atoms. The smallest absolute Gasteiger partial charge is 0.0632 e. The highest BCUT2D eigenvalue weighted by atomic mass is 16.5. The number of ether oxygens (including phenoxy) is 1. The number of nitrogens with two attached hydrogens (primary N) is 1. The van der Waals surface area contributed by atoms with Gasteiger partial charge in [0, 0.05) is 19.2 Å². The molecule has 10 heavy (non-hydrogen) atoms. The molecule has 0 bridgehead atoms. The van der Waals surface area contributed by atoms with Crippen LogP contribution in [0.3, 0.4) is 0 Å². The van der Waals surface area contributed by atoms with Crippen molar-refractivity contribution in [3.63, 3.8) is 0 Å². The molecule has 0 aromatic rings. The fraction of sp³-hybridized carbons (Fsp3) is 1.00. The molecule has 0 aliphatic carbocycles. The van der Waals surface area contributed by atoms with Crippen LogP contribution in [0.2, 0.25) is 0 Å². The van der Waals surface area contributed by atoms with Crippen molar-refractivity contribution >= 4 is 0 Å². The number of nitrogens with zero attached hydrogens (tertiary/aromatic N) is 1. The Kier molecular flexibility index (Phi) is 5.58. The summed E-state index contributed by atoms with van der Waals surface area (Å²) in [4.78, 5) is 0. The molecular weight excluding hydrogens is 128 g/mol. The van der Waals surface area contributed by atoms with Crippen molar-refractivity contribution in [1.82, 2.24) is 5.01 Å². The molecule has 0 aliphatic rings. The molecule has 0 fully saturated rings. The zero-order chi connectivity index (χ0) is 7.98. The molecule has 0 heterocycles. The molecule has 0 saturated carbocycles. The molecule has 0 aliphatic heterocycles. The van der Waals surface area contributed by atoms with E-state index in [0.717, 1.165) is 19.8 Å². The summed E-state index contributed by atoms with van der Waals surface area (Å²) < 4.78 is 5.20. The van der Waals surface area contributed by atoms with E-state index in [0.29, 0.717) is 6.04 Å². The number of likely N-dealkylation sites (N-methyl/N-ethyl adjacent to an activating group) is 1. The van der Waals surface area contributed by atoms with Crippen molar-refractivity contribution in [1.29, 1.82) is 0 Å². The molecule has 0 amide bonds. The number of hydrazine groups is 1. The standard InChI is InChI=1S/C7H18N2O/c1-4-9(8)7(3)6-10-5-2/h7H,4-6,8H2,1-3H3. The predicted molar refractivity (Wildman–Crippen MR) is 42.5 cm³/mol. The normalized spacial score (nSPS) is 14.1. The lowest BCUT2D eigenvalue weighted by Gasteiger charge is -2.21. The van der Waals surface area contributed by atoms with Gasteiger partial charge in [0.15, 0.2) is 0 Å². The van der Waals surface area contributed by atoms with Gasteiger partial charge in [0.05, 0.1) is 6.61 Å². The molecule has 0 rings (SSSR count). The van der Waals surface area contributed by atoms with Gasteiger partial charge >= 0.3 is 0 Å². The van der Waals surface area contributed by atoms with Crippen molar-refractivity contribution in [2.75, 3.05) is 19.8 Å². The zero-order valence-corrected chi connectivity index (χ0v) is 7.13. The van der Waals surface area contributed by atoms with Gasteiger partial charge in [-0.2, -0.15) is 0 Å². The van der Waals surface area contributed by atoms with Crippen LogP contribution in [-0.2, 0) is 4.74 Å². The molecule has 1 unspecified atom stereocenters. The lowest BCUT2D eigenvalue weighted by Crippen LogP contribution is -2.41. The minimum absolute atomic E-state index is 0.324. The lowest BCUT2D eigenvalue weighted by atomic mass is 10.3. The Balaban J connectivity index is 3.31. The van der Waals surface area contributed by atoms with Crippen LogP contribution in [0.1, 0.15) is 20.8 Å². The predicted octanol–water partition coefficient (Wildman–Crippen LogP) is 0.607. The Bertz CT molecular complexity index is 78.0. The molecule has 2 N–H and O–H groups in total. The third kappa shape index (κ3) is 3.82. The SMILES string of the molecule is CCOCC(C)N(N)CC. The molecule has 0 aromatic heterocycles. The van der Waals surface area contributed by atoms with Gasteiger partial charge in [0.2, 0.25) is 0 Å². The topological polar surface area (TPSA) is 38.5 Å². The van der Waals surface area contributed by atoms with Crippen LogP contribution < -0.4 is 5.84 Å². The fourth-order valence-corrected chi connectivity index (χ4v) is 0.696. The van der Waals surface area contributed by atoms with Crippen molar-refractivity contribution in [3.05, 3.63) is 0 Å². The van der Waals surface area contributed by atoms with E-state index in [1.54, 1.807) is 5.01 Å². The first-order valence-corrected chi connectivity index (χ1v) is 3.81. The summed E-state index contributed by atoms with van der Waals surface area (Å²) in [5, 5.41) is 1.77. The molecule has 0 saturated heterocycles. The monoisotopic (exact) mass is 146 g/mol. The van der Waals surface area contributed by atoms with E-state index in [-0.39, 0.29) is 0 Å². The summed E-state index contributed by atoms with van der Waals surface area (Å²) in [5.41, 5.74) is 0. The average molecular weight is 146 g/mol. The largest absolute Gasteiger partial charge is 0.380 e. The lowest BCUT2D eigenvalue weighted by molar-refractivity contribution is 0.0760. The Labute approximate surface area is 63.1 Å². The van der Waals surface area contributed by atoms with Gasteiger partial charge in [0.25, 0.3) is 0 Å². The van der Waals surface area contributed by atoms with Gasteiger partial charge < -0.3 is 4.74 Å². The Morgan fingerprint density at radius 1 is 1.50 bits per heavy atom. The molecule has 1 atom stereocenters. The first-order valence-electron chi connectivity index (χ1n) is 3.81. The molecule has 62 valence electrons. The van der Waals surface area contributed by atoms with Crippen LogP contribution in [0.15, 0.2) is 0 Å². The van der Waals surface area contributed by atoms with E-state index in [1.165, 1.54) is 0 Å². The minimum atomic E-state index is 0.324. The van der Waals surface area contributed by atoms with E-state index in [2.05, 4.69) is 6.92 Å². The summed E-state index contributed by atoms with van der Waals surface area (Å²) in [5.74, 6) is 5.61. The average Bonchev–Trinajstić information content (AvgIpc) is 1.98. The highest BCUT2D eigenvalue weighted by Crippen LogP contribution is 1.91. The van der Waals surface area contributed by atoms with Gasteiger partial charge in [-0.1, -0.05) is 6.92 Å². The third-order valence-electron chi connectivity index (χ3n) is 1.49. The Hall–Kier alpha value is -0.120. The van der Waals surface area contributed by atoms with Crippen molar-refractivity contribution in [2.24, 2.45) is 5.84 Å². The summed E-state index contributed by atoms with van der Waals surface area (Å²) in [6.07, 6.45) is 0. The highest BCUT2D eigenvalue weighted by Gasteiger charge is 2.05. The second-order valence-corrected chi connectivity index (χ2v) is 2.34. The van der Waals surface area contributed by atoms with Gasteiger partial charge in [-0.05, 0) is 13.8 Å². The number of hydrogen-bond acceptors (Lipinski definition) is 3. The molecular formula is C7H18N2O. The van der Waals surface area contributed by atoms with Gasteiger partial charge in [-0.25, -0.2) is 5.01 Å². The summed E-state index contributed by atoms with van der Waals surface area (Å²) in [7, 11) is 0. The maximum Gasteiger partial charge on any atom is 0.0632 e. The quantitative estimate of drug-likeness (QED) is 0.456. The Morgan fingerprint density at radius 2 is 2.10 bits per heavy atom. The first kappa shape index (κ1) is 9.88. The summed E-state index contributed by atoms with van der Waals surface area (Å²) in [6.45, 7) is 8.43. The van der Waals surface area contributed by atoms with E-state index >= 15 is 0 Å². The minimum Gasteiger partial charge on any atom is -0.380 e. The van der Waals surface area contributed by atoms with Crippen LogP contribution in [0.5, 0.6) is 0 Å². The van der Waals surface area contributed by atoms with Crippen LogP contribution in [-0.4, -0.2) is 30.8 Å². The van der Waals surface area contributed by atoms with Crippen LogP contribution >= 0.6 is 0 Å². The summed E-state index contributed by atoms with van der Waals surface area (Å²) in [6, 6.07) is 0.324.